The Labute approximate surface area is 117 Å². The lowest BCUT2D eigenvalue weighted by molar-refractivity contribution is -0.0659. The number of carbonyl (C=O) groups is 1. The third-order valence-electron chi connectivity index (χ3n) is 4.01. The Morgan fingerprint density at radius 1 is 1.30 bits per heavy atom. The van der Waals surface area contributed by atoms with E-state index in [0.29, 0.717) is 25.9 Å². The minimum atomic E-state index is -0.853. The van der Waals surface area contributed by atoms with Crippen LogP contribution in [0.4, 0.5) is 4.79 Å². The number of aryl methyl sites for hydroxylation is 1. The highest BCUT2D eigenvalue weighted by Gasteiger charge is 2.39. The lowest BCUT2D eigenvalue weighted by atomic mass is 9.90. The molecule has 2 heterocycles. The van der Waals surface area contributed by atoms with Gasteiger partial charge in [0.2, 0.25) is 0 Å². The zero-order valence-electron chi connectivity index (χ0n) is 11.4. The molecule has 2 aliphatic heterocycles. The van der Waals surface area contributed by atoms with Crippen LogP contribution < -0.4 is 5.48 Å². The zero-order chi connectivity index (χ0) is 14.2. The van der Waals surface area contributed by atoms with Crippen LogP contribution in [0.25, 0.3) is 5.70 Å². The highest BCUT2D eigenvalue weighted by atomic mass is 16.7. The summed E-state index contributed by atoms with van der Waals surface area (Å²) in [5, 5.41) is 8.98. The molecule has 20 heavy (non-hydrogen) atoms. The molecule has 0 radical (unpaired) electrons. The van der Waals surface area contributed by atoms with Crippen LogP contribution in [-0.4, -0.2) is 34.8 Å². The van der Waals surface area contributed by atoms with Crippen LogP contribution in [0.2, 0.25) is 0 Å². The van der Waals surface area contributed by atoms with E-state index in [1.54, 1.807) is 0 Å². The number of carboxylic acid groups (broad SMARTS) is 1. The van der Waals surface area contributed by atoms with Crippen LogP contribution in [0.5, 0.6) is 0 Å². The number of nitrogens with one attached hydrogen (secondary N) is 1. The Balaban J connectivity index is 1.75. The number of hydroxylamine groups is 1. The molecule has 1 aromatic rings. The molecule has 1 amide bonds. The van der Waals surface area contributed by atoms with Gasteiger partial charge in [-0.1, -0.05) is 29.8 Å². The fourth-order valence-electron chi connectivity index (χ4n) is 2.68. The maximum atomic E-state index is 10.9. The predicted molar refractivity (Wildman–Crippen MR) is 74.9 cm³/mol. The monoisotopic (exact) mass is 274 g/mol. The van der Waals surface area contributed by atoms with E-state index >= 15 is 0 Å². The number of rotatable bonds is 1. The highest BCUT2D eigenvalue weighted by molar-refractivity contribution is 5.67. The summed E-state index contributed by atoms with van der Waals surface area (Å²) in [4.78, 5) is 18.1. The molecule has 5 heteroatoms. The van der Waals surface area contributed by atoms with Crippen molar-refractivity contribution < 1.29 is 14.7 Å². The Kier molecular flexibility index (Phi) is 3.14. The van der Waals surface area contributed by atoms with E-state index in [9.17, 15) is 4.79 Å². The largest absolute Gasteiger partial charge is 0.465 e. The van der Waals surface area contributed by atoms with Crippen molar-refractivity contribution in [1.82, 2.24) is 10.4 Å². The average molecular weight is 274 g/mol. The molecule has 2 aliphatic rings. The average Bonchev–Trinajstić information content (AvgIpc) is 2.84. The van der Waals surface area contributed by atoms with Gasteiger partial charge in [0, 0.05) is 25.9 Å². The van der Waals surface area contributed by atoms with Crippen molar-refractivity contribution in [3.05, 3.63) is 41.5 Å². The summed E-state index contributed by atoms with van der Waals surface area (Å²) in [7, 11) is 0. The molecular weight excluding hydrogens is 256 g/mol. The van der Waals surface area contributed by atoms with Crippen LogP contribution in [0.1, 0.15) is 24.0 Å². The SMILES string of the molecule is Cc1ccc(C2=CC3(CCN(C(=O)O)CC3)ON2)cc1. The fraction of sp³-hybridized carbons (Fsp3) is 0.400. The smallest absolute Gasteiger partial charge is 0.407 e. The summed E-state index contributed by atoms with van der Waals surface area (Å²) in [6, 6.07) is 8.25. The second-order valence-corrected chi connectivity index (χ2v) is 5.46. The molecule has 0 aromatic heterocycles. The van der Waals surface area contributed by atoms with Crippen molar-refractivity contribution in [2.75, 3.05) is 13.1 Å². The number of likely N-dealkylation sites (tertiary alicyclic amines) is 1. The number of benzene rings is 1. The van der Waals surface area contributed by atoms with Crippen LogP contribution in [-0.2, 0) is 4.84 Å². The molecule has 106 valence electrons. The van der Waals surface area contributed by atoms with Crippen LogP contribution >= 0.6 is 0 Å². The van der Waals surface area contributed by atoms with E-state index in [-0.39, 0.29) is 5.60 Å². The van der Waals surface area contributed by atoms with Gasteiger partial charge in [0.15, 0.2) is 0 Å². The van der Waals surface area contributed by atoms with Gasteiger partial charge in [-0.3, -0.25) is 10.3 Å². The first-order chi connectivity index (χ1) is 9.58. The molecule has 2 N–H and O–H groups in total. The third kappa shape index (κ3) is 2.36. The Morgan fingerprint density at radius 3 is 2.55 bits per heavy atom. The first kappa shape index (κ1) is 13.0. The maximum absolute atomic E-state index is 10.9. The van der Waals surface area contributed by atoms with Gasteiger partial charge in [0.25, 0.3) is 0 Å². The molecule has 0 aliphatic carbocycles. The van der Waals surface area contributed by atoms with Crippen molar-refractivity contribution >= 4 is 11.8 Å². The van der Waals surface area contributed by atoms with Gasteiger partial charge in [-0.05, 0) is 18.6 Å². The highest BCUT2D eigenvalue weighted by Crippen LogP contribution is 2.34. The van der Waals surface area contributed by atoms with Crippen molar-refractivity contribution in [3.63, 3.8) is 0 Å². The fourth-order valence-corrected chi connectivity index (χ4v) is 2.68. The standard InChI is InChI=1S/C15H18N2O3/c1-11-2-4-12(5-3-11)13-10-15(20-16-13)6-8-17(9-7-15)14(18)19/h2-5,10,16H,6-9H2,1H3,(H,18,19). The van der Waals surface area contributed by atoms with Crippen molar-refractivity contribution in [2.24, 2.45) is 0 Å². The summed E-state index contributed by atoms with van der Waals surface area (Å²) in [5.74, 6) is 0. The van der Waals surface area contributed by atoms with Crippen LogP contribution in [0.15, 0.2) is 30.3 Å². The van der Waals surface area contributed by atoms with E-state index < -0.39 is 6.09 Å². The van der Waals surface area contributed by atoms with Crippen LogP contribution in [0, 0.1) is 6.92 Å². The minimum Gasteiger partial charge on any atom is -0.465 e. The maximum Gasteiger partial charge on any atom is 0.407 e. The normalized spacial score (nSPS) is 20.6. The molecule has 1 fully saturated rings. The molecule has 1 saturated heterocycles. The Bertz CT molecular complexity index is 543. The van der Waals surface area contributed by atoms with E-state index in [4.69, 9.17) is 9.94 Å². The molecule has 1 spiro atoms. The van der Waals surface area contributed by atoms with Gasteiger partial charge < -0.3 is 10.0 Å². The molecule has 5 nitrogen and oxygen atoms in total. The molecule has 0 bridgehead atoms. The van der Waals surface area contributed by atoms with Gasteiger partial charge >= 0.3 is 6.09 Å². The van der Waals surface area contributed by atoms with Crippen LogP contribution in [0.3, 0.4) is 0 Å². The first-order valence-corrected chi connectivity index (χ1v) is 6.80. The molecule has 0 unspecified atom stereocenters. The van der Waals surface area contributed by atoms with Crippen molar-refractivity contribution in [2.45, 2.75) is 25.4 Å². The van der Waals surface area contributed by atoms with E-state index in [2.05, 4.69) is 42.7 Å². The first-order valence-electron chi connectivity index (χ1n) is 6.80. The third-order valence-corrected chi connectivity index (χ3v) is 4.01. The number of hydrogen-bond acceptors (Lipinski definition) is 3. The lowest BCUT2D eigenvalue weighted by Gasteiger charge is -2.35. The van der Waals surface area contributed by atoms with Gasteiger partial charge in [-0.2, -0.15) is 0 Å². The van der Waals surface area contributed by atoms with Crippen molar-refractivity contribution in [3.8, 4) is 0 Å². The number of hydrogen-bond donors (Lipinski definition) is 2. The van der Waals surface area contributed by atoms with Gasteiger partial charge in [-0.15, -0.1) is 0 Å². The Morgan fingerprint density at radius 2 is 1.95 bits per heavy atom. The quantitative estimate of drug-likeness (QED) is 0.825. The predicted octanol–water partition coefficient (Wildman–Crippen LogP) is 2.38. The summed E-state index contributed by atoms with van der Waals surface area (Å²) < 4.78 is 0. The van der Waals surface area contributed by atoms with Gasteiger partial charge in [0.1, 0.15) is 5.60 Å². The second kappa shape index (κ2) is 4.83. The Hall–Kier alpha value is -2.01. The molecule has 1 aromatic carbocycles. The summed E-state index contributed by atoms with van der Waals surface area (Å²) >= 11 is 0. The van der Waals surface area contributed by atoms with E-state index in [1.807, 2.05) is 0 Å². The van der Waals surface area contributed by atoms with E-state index in [1.165, 1.54) is 10.5 Å². The molecular formula is C15H18N2O3. The molecule has 0 saturated carbocycles. The van der Waals surface area contributed by atoms with E-state index in [0.717, 1.165) is 11.3 Å². The number of nitrogens with zero attached hydrogens (tertiary/aromatic N) is 1. The summed E-state index contributed by atoms with van der Waals surface area (Å²) in [5.41, 5.74) is 5.90. The lowest BCUT2D eigenvalue weighted by Crippen LogP contribution is -2.46. The number of piperidine rings is 1. The second-order valence-electron chi connectivity index (χ2n) is 5.46. The number of amides is 1. The summed E-state index contributed by atoms with van der Waals surface area (Å²) in [6.07, 6.45) is 2.61. The molecule has 3 rings (SSSR count). The summed E-state index contributed by atoms with van der Waals surface area (Å²) in [6.45, 7) is 3.07. The van der Waals surface area contributed by atoms with Crippen molar-refractivity contribution in [1.29, 1.82) is 0 Å². The zero-order valence-corrected chi connectivity index (χ0v) is 11.4. The topological polar surface area (TPSA) is 61.8 Å². The van der Waals surface area contributed by atoms with Gasteiger partial charge in [-0.25, -0.2) is 4.79 Å². The minimum absolute atomic E-state index is 0.369. The molecule has 0 atom stereocenters. The van der Waals surface area contributed by atoms with Gasteiger partial charge in [0.05, 0.1) is 5.70 Å².